The summed E-state index contributed by atoms with van der Waals surface area (Å²) < 4.78 is 22.1. The quantitative estimate of drug-likeness (QED) is 0.698. The minimum Gasteiger partial charge on any atom is -0.377 e. The molecule has 5 rings (SSSR count). The third-order valence-electron chi connectivity index (χ3n) is 5.91. The van der Waals surface area contributed by atoms with Gasteiger partial charge >= 0.3 is 6.03 Å². The van der Waals surface area contributed by atoms with Crippen LogP contribution in [0.3, 0.4) is 0 Å². The van der Waals surface area contributed by atoms with Gasteiger partial charge in [0.2, 0.25) is 5.78 Å². The molecule has 1 aromatic carbocycles. The highest BCUT2D eigenvalue weighted by molar-refractivity contribution is 5.90. The van der Waals surface area contributed by atoms with Crippen LogP contribution < -0.4 is 10.2 Å². The first-order valence-electron chi connectivity index (χ1n) is 10.6. The molecule has 4 heterocycles. The largest absolute Gasteiger partial charge is 0.377 e. The van der Waals surface area contributed by atoms with Crippen LogP contribution in [0.2, 0.25) is 0 Å². The third-order valence-corrected chi connectivity index (χ3v) is 5.91. The van der Waals surface area contributed by atoms with Gasteiger partial charge in [-0.25, -0.2) is 19.2 Å². The number of morpholine rings is 1. The van der Waals surface area contributed by atoms with Gasteiger partial charge in [-0.2, -0.15) is 0 Å². The summed E-state index contributed by atoms with van der Waals surface area (Å²) in [5.74, 6) is 1.04. The predicted molar refractivity (Wildman–Crippen MR) is 116 cm³/mol. The minimum absolute atomic E-state index is 0.156. The van der Waals surface area contributed by atoms with Crippen LogP contribution in [0.1, 0.15) is 19.8 Å². The van der Waals surface area contributed by atoms with Crippen LogP contribution in [0.25, 0.3) is 17.0 Å². The Morgan fingerprint density at radius 1 is 1.23 bits per heavy atom. The van der Waals surface area contributed by atoms with E-state index in [4.69, 9.17) is 4.74 Å². The third kappa shape index (κ3) is 3.81. The lowest BCUT2D eigenvalue weighted by atomic mass is 10.1. The molecule has 0 aliphatic carbocycles. The van der Waals surface area contributed by atoms with Crippen molar-refractivity contribution in [2.45, 2.75) is 25.8 Å². The molecule has 162 valence electrons. The lowest BCUT2D eigenvalue weighted by molar-refractivity contribution is 0.0984. The number of rotatable bonds is 3. The van der Waals surface area contributed by atoms with Crippen molar-refractivity contribution in [3.8, 4) is 11.3 Å². The van der Waals surface area contributed by atoms with Crippen LogP contribution in [0.4, 0.5) is 20.7 Å². The van der Waals surface area contributed by atoms with Gasteiger partial charge in [-0.3, -0.25) is 4.40 Å². The molecule has 1 N–H and O–H groups in total. The van der Waals surface area contributed by atoms with Gasteiger partial charge in [-0.1, -0.05) is 0 Å². The number of nitrogens with zero attached hydrogens (tertiary/aromatic N) is 5. The van der Waals surface area contributed by atoms with E-state index in [1.54, 1.807) is 29.3 Å². The maximum atomic E-state index is 14.6. The minimum atomic E-state index is -0.399. The lowest BCUT2D eigenvalue weighted by Crippen LogP contribution is -2.44. The van der Waals surface area contributed by atoms with E-state index in [0.717, 1.165) is 38.3 Å². The van der Waals surface area contributed by atoms with Gasteiger partial charge < -0.3 is 19.9 Å². The second-order valence-corrected chi connectivity index (χ2v) is 8.04. The summed E-state index contributed by atoms with van der Waals surface area (Å²) in [6, 6.07) is 6.40. The Balaban J connectivity index is 1.43. The molecule has 2 aliphatic rings. The Labute approximate surface area is 179 Å². The number of hydrogen-bond donors (Lipinski definition) is 1. The highest BCUT2D eigenvalue weighted by Gasteiger charge is 2.23. The van der Waals surface area contributed by atoms with Crippen molar-refractivity contribution in [1.82, 2.24) is 19.3 Å². The number of aromatic nitrogens is 3. The van der Waals surface area contributed by atoms with Crippen molar-refractivity contribution >= 4 is 23.3 Å². The molecule has 0 bridgehead atoms. The van der Waals surface area contributed by atoms with Gasteiger partial charge in [0.05, 0.1) is 31.1 Å². The van der Waals surface area contributed by atoms with Gasteiger partial charge in [-0.15, -0.1) is 0 Å². The van der Waals surface area contributed by atoms with Crippen LogP contribution >= 0.6 is 0 Å². The van der Waals surface area contributed by atoms with E-state index in [0.29, 0.717) is 35.9 Å². The summed E-state index contributed by atoms with van der Waals surface area (Å²) in [4.78, 5) is 25.4. The molecule has 0 saturated carbocycles. The molecule has 2 saturated heterocycles. The van der Waals surface area contributed by atoms with Crippen LogP contribution in [-0.2, 0) is 4.74 Å². The smallest absolute Gasteiger partial charge is 0.321 e. The molecule has 0 radical (unpaired) electrons. The average Bonchev–Trinajstić information content (AvgIpc) is 3.45. The predicted octanol–water partition coefficient (Wildman–Crippen LogP) is 3.39. The molecule has 1 unspecified atom stereocenters. The van der Waals surface area contributed by atoms with Crippen molar-refractivity contribution in [2.75, 3.05) is 43.1 Å². The molecule has 1 atom stereocenters. The molecule has 2 aromatic heterocycles. The van der Waals surface area contributed by atoms with Gasteiger partial charge in [0.1, 0.15) is 11.6 Å². The lowest BCUT2D eigenvalue weighted by Gasteiger charge is -2.34. The maximum Gasteiger partial charge on any atom is 0.321 e. The Morgan fingerprint density at radius 3 is 2.87 bits per heavy atom. The number of halogens is 1. The van der Waals surface area contributed by atoms with Crippen molar-refractivity contribution in [2.24, 2.45) is 0 Å². The SMILES string of the molecule is CC1COCCN1c1cnc2nc(-c3cc(NC(=O)N4CCCC4)ccc3F)ccn12. The Kier molecular flexibility index (Phi) is 5.19. The number of imidazole rings is 1. The van der Waals surface area contributed by atoms with Gasteiger partial charge in [-0.05, 0) is 44.0 Å². The zero-order valence-corrected chi connectivity index (χ0v) is 17.4. The number of urea groups is 1. The Bertz CT molecular complexity index is 1110. The first-order chi connectivity index (χ1) is 15.1. The standard InChI is InChI=1S/C22H25FN6O2/c1-15-14-31-11-10-28(15)20-13-24-21-26-19(6-9-29(20)21)17-12-16(4-5-18(17)23)25-22(30)27-7-2-3-8-27/h4-6,9,12-13,15H,2-3,7-8,10-11,14H2,1H3,(H,25,30). The number of carbonyl (C=O) groups is 1. The summed E-state index contributed by atoms with van der Waals surface area (Å²) in [5, 5.41) is 2.86. The zero-order valence-electron chi connectivity index (χ0n) is 17.4. The number of amides is 2. The normalized spacial score (nSPS) is 19.2. The number of likely N-dealkylation sites (tertiary alicyclic amines) is 1. The zero-order chi connectivity index (χ0) is 21.4. The van der Waals surface area contributed by atoms with Crippen LogP contribution in [0.5, 0.6) is 0 Å². The van der Waals surface area contributed by atoms with Crippen LogP contribution in [0.15, 0.2) is 36.7 Å². The first-order valence-corrected chi connectivity index (χ1v) is 10.6. The second kappa shape index (κ2) is 8.14. The van der Waals surface area contributed by atoms with Crippen LogP contribution in [0, 0.1) is 5.82 Å². The Hall–Kier alpha value is -3.20. The van der Waals surface area contributed by atoms with E-state index in [9.17, 15) is 9.18 Å². The second-order valence-electron chi connectivity index (χ2n) is 8.04. The number of benzene rings is 1. The highest BCUT2D eigenvalue weighted by atomic mass is 19.1. The number of ether oxygens (including phenoxy) is 1. The topological polar surface area (TPSA) is 75.0 Å². The van der Waals surface area contributed by atoms with E-state index in [1.807, 2.05) is 10.6 Å². The number of fused-ring (bicyclic) bond motifs is 1. The van der Waals surface area contributed by atoms with E-state index >= 15 is 0 Å². The van der Waals surface area contributed by atoms with Crippen molar-refractivity contribution in [3.63, 3.8) is 0 Å². The fourth-order valence-corrected chi connectivity index (χ4v) is 4.21. The molecule has 2 aliphatic heterocycles. The van der Waals surface area contributed by atoms with Crippen molar-refractivity contribution in [3.05, 3.63) is 42.5 Å². The highest BCUT2D eigenvalue weighted by Crippen LogP contribution is 2.27. The maximum absolute atomic E-state index is 14.6. The van der Waals surface area contributed by atoms with E-state index in [1.165, 1.54) is 6.07 Å². The fourth-order valence-electron chi connectivity index (χ4n) is 4.21. The molecule has 0 spiro atoms. The molecule has 2 amide bonds. The van der Waals surface area contributed by atoms with Crippen LogP contribution in [-0.4, -0.2) is 64.2 Å². The summed E-state index contributed by atoms with van der Waals surface area (Å²) in [5.41, 5.74) is 1.33. The molecule has 2 fully saturated rings. The van der Waals surface area contributed by atoms with Gasteiger partial charge in [0, 0.05) is 37.1 Å². The monoisotopic (exact) mass is 424 g/mol. The fraction of sp³-hybridized carbons (Fsp3) is 0.409. The number of anilines is 2. The summed E-state index contributed by atoms with van der Waals surface area (Å²) in [6.07, 6.45) is 5.68. The van der Waals surface area contributed by atoms with Crippen molar-refractivity contribution in [1.29, 1.82) is 0 Å². The van der Waals surface area contributed by atoms with E-state index in [-0.39, 0.29) is 12.1 Å². The summed E-state index contributed by atoms with van der Waals surface area (Å²) >= 11 is 0. The molecule has 9 heteroatoms. The summed E-state index contributed by atoms with van der Waals surface area (Å²) in [6.45, 7) is 5.73. The van der Waals surface area contributed by atoms with E-state index < -0.39 is 5.82 Å². The average molecular weight is 424 g/mol. The first kappa shape index (κ1) is 19.7. The number of nitrogens with one attached hydrogen (secondary N) is 1. The Morgan fingerprint density at radius 2 is 2.06 bits per heavy atom. The number of carbonyl (C=O) groups excluding carboxylic acids is 1. The molecular formula is C22H25FN6O2. The van der Waals surface area contributed by atoms with Crippen molar-refractivity contribution < 1.29 is 13.9 Å². The number of hydrogen-bond acceptors (Lipinski definition) is 5. The van der Waals surface area contributed by atoms with Gasteiger partial charge in [0.15, 0.2) is 0 Å². The summed E-state index contributed by atoms with van der Waals surface area (Å²) in [7, 11) is 0. The molecule has 3 aromatic rings. The molecule has 31 heavy (non-hydrogen) atoms. The molecular weight excluding hydrogens is 399 g/mol. The molecule has 8 nitrogen and oxygen atoms in total. The van der Waals surface area contributed by atoms with E-state index in [2.05, 4.69) is 27.1 Å². The van der Waals surface area contributed by atoms with Gasteiger partial charge in [0.25, 0.3) is 0 Å².